The van der Waals surface area contributed by atoms with Crippen molar-refractivity contribution in [3.05, 3.63) is 72.6 Å². The first-order valence-corrected chi connectivity index (χ1v) is 12.5. The standard InChI is InChI=1S/C29H29N5O4/c1-35-26-17-24-25(18-27(26)37-14-4-11-34-12-15-36-16-13-34)32-20-21(19-30)29(24)33-22-6-8-23(9-7-22)38-28-5-2-3-10-31-28/h2-3,5-10,17-18,20H,4,11-16H2,1H3,(H,32,33). The van der Waals surface area contributed by atoms with Gasteiger partial charge in [0.15, 0.2) is 11.5 Å². The summed E-state index contributed by atoms with van der Waals surface area (Å²) in [6.07, 6.45) is 4.15. The zero-order valence-electron chi connectivity index (χ0n) is 21.2. The minimum Gasteiger partial charge on any atom is -0.493 e. The van der Waals surface area contributed by atoms with E-state index in [1.165, 1.54) is 0 Å². The van der Waals surface area contributed by atoms with E-state index < -0.39 is 0 Å². The Morgan fingerprint density at radius 3 is 2.63 bits per heavy atom. The number of methoxy groups -OCH3 is 1. The fourth-order valence-electron chi connectivity index (χ4n) is 4.27. The summed E-state index contributed by atoms with van der Waals surface area (Å²) in [5.41, 5.74) is 2.57. The molecule has 0 radical (unpaired) electrons. The van der Waals surface area contributed by atoms with Crippen LogP contribution in [0.25, 0.3) is 10.9 Å². The number of anilines is 2. The van der Waals surface area contributed by atoms with E-state index in [0.717, 1.165) is 50.3 Å². The highest BCUT2D eigenvalue weighted by Gasteiger charge is 2.15. The number of rotatable bonds is 10. The second-order valence-electron chi connectivity index (χ2n) is 8.75. The second-order valence-corrected chi connectivity index (χ2v) is 8.75. The average molecular weight is 512 g/mol. The molecule has 38 heavy (non-hydrogen) atoms. The van der Waals surface area contributed by atoms with Crippen LogP contribution in [0.4, 0.5) is 11.4 Å². The number of ether oxygens (including phenoxy) is 4. The summed E-state index contributed by atoms with van der Waals surface area (Å²) >= 11 is 0. The number of nitrogens with zero attached hydrogens (tertiary/aromatic N) is 4. The lowest BCUT2D eigenvalue weighted by Gasteiger charge is -2.26. The normalized spacial score (nSPS) is 13.6. The molecule has 1 saturated heterocycles. The fraction of sp³-hybridized carbons (Fsp3) is 0.276. The van der Waals surface area contributed by atoms with E-state index in [1.807, 2.05) is 48.5 Å². The lowest BCUT2D eigenvalue weighted by Crippen LogP contribution is -2.37. The van der Waals surface area contributed by atoms with Crippen molar-refractivity contribution in [2.24, 2.45) is 0 Å². The molecule has 0 saturated carbocycles. The molecule has 1 fully saturated rings. The summed E-state index contributed by atoms with van der Waals surface area (Å²) in [6.45, 7) is 5.01. The Labute approximate surface area is 221 Å². The van der Waals surface area contributed by atoms with Crippen LogP contribution in [0.5, 0.6) is 23.1 Å². The maximum absolute atomic E-state index is 9.77. The van der Waals surface area contributed by atoms with Gasteiger partial charge in [-0.05, 0) is 42.8 Å². The first kappa shape index (κ1) is 25.3. The molecule has 0 unspecified atom stereocenters. The molecule has 1 N–H and O–H groups in total. The lowest BCUT2D eigenvalue weighted by atomic mass is 10.1. The number of hydrogen-bond donors (Lipinski definition) is 1. The number of nitriles is 1. The Kier molecular flexibility index (Phi) is 8.13. The molecule has 2 aromatic heterocycles. The van der Waals surface area contributed by atoms with Crippen LogP contribution >= 0.6 is 0 Å². The van der Waals surface area contributed by atoms with Gasteiger partial charge in [0.1, 0.15) is 11.8 Å². The molecule has 1 aliphatic heterocycles. The number of benzene rings is 2. The van der Waals surface area contributed by atoms with Crippen molar-refractivity contribution >= 4 is 22.3 Å². The van der Waals surface area contributed by atoms with Crippen molar-refractivity contribution in [2.45, 2.75) is 6.42 Å². The van der Waals surface area contributed by atoms with E-state index >= 15 is 0 Å². The van der Waals surface area contributed by atoms with Crippen molar-refractivity contribution in [3.8, 4) is 29.2 Å². The van der Waals surface area contributed by atoms with Crippen LogP contribution in [0.1, 0.15) is 12.0 Å². The average Bonchev–Trinajstić information content (AvgIpc) is 2.97. The first-order chi connectivity index (χ1) is 18.7. The van der Waals surface area contributed by atoms with Gasteiger partial charge in [-0.2, -0.15) is 5.26 Å². The number of nitrogens with one attached hydrogen (secondary N) is 1. The third kappa shape index (κ3) is 6.11. The van der Waals surface area contributed by atoms with Crippen molar-refractivity contribution in [1.29, 1.82) is 5.26 Å². The van der Waals surface area contributed by atoms with Crippen molar-refractivity contribution in [3.63, 3.8) is 0 Å². The summed E-state index contributed by atoms with van der Waals surface area (Å²) in [4.78, 5) is 11.1. The molecule has 0 amide bonds. The zero-order valence-corrected chi connectivity index (χ0v) is 21.2. The number of morpholine rings is 1. The third-order valence-electron chi connectivity index (χ3n) is 6.24. The van der Waals surface area contributed by atoms with Gasteiger partial charge in [0.05, 0.1) is 43.7 Å². The van der Waals surface area contributed by atoms with Crippen molar-refractivity contribution in [1.82, 2.24) is 14.9 Å². The van der Waals surface area contributed by atoms with Gasteiger partial charge >= 0.3 is 0 Å². The topological polar surface area (TPSA) is 102 Å². The highest BCUT2D eigenvalue weighted by Crippen LogP contribution is 2.37. The summed E-state index contributed by atoms with van der Waals surface area (Å²) in [6, 6.07) is 18.9. The maximum Gasteiger partial charge on any atom is 0.219 e. The third-order valence-corrected chi connectivity index (χ3v) is 6.24. The quantitative estimate of drug-likeness (QED) is 0.290. The number of hydrogen-bond acceptors (Lipinski definition) is 9. The van der Waals surface area contributed by atoms with E-state index in [-0.39, 0.29) is 0 Å². The summed E-state index contributed by atoms with van der Waals surface area (Å²) in [5, 5.41) is 13.9. The van der Waals surface area contributed by atoms with Gasteiger partial charge in [0, 0.05) is 55.2 Å². The van der Waals surface area contributed by atoms with Crippen LogP contribution in [0.3, 0.4) is 0 Å². The lowest BCUT2D eigenvalue weighted by molar-refractivity contribution is 0.0357. The Balaban J connectivity index is 1.32. The Hall–Kier alpha value is -4.39. The molecule has 9 heteroatoms. The molecule has 3 heterocycles. The fourth-order valence-corrected chi connectivity index (χ4v) is 4.27. The molecule has 2 aromatic carbocycles. The van der Waals surface area contributed by atoms with Crippen LogP contribution in [-0.4, -0.2) is 61.4 Å². The largest absolute Gasteiger partial charge is 0.493 e. The number of pyridine rings is 2. The summed E-state index contributed by atoms with van der Waals surface area (Å²) in [5.74, 6) is 2.39. The Morgan fingerprint density at radius 2 is 1.89 bits per heavy atom. The first-order valence-electron chi connectivity index (χ1n) is 12.5. The minimum absolute atomic E-state index is 0.424. The van der Waals surface area contributed by atoms with Crippen LogP contribution in [-0.2, 0) is 4.74 Å². The van der Waals surface area contributed by atoms with Gasteiger partial charge in [-0.25, -0.2) is 4.98 Å². The molecular formula is C29H29N5O4. The van der Waals surface area contributed by atoms with Gasteiger partial charge in [0.25, 0.3) is 0 Å². The summed E-state index contributed by atoms with van der Waals surface area (Å²) in [7, 11) is 1.61. The molecule has 9 nitrogen and oxygen atoms in total. The van der Waals surface area contributed by atoms with E-state index in [0.29, 0.717) is 46.5 Å². The van der Waals surface area contributed by atoms with E-state index in [9.17, 15) is 5.26 Å². The molecule has 0 spiro atoms. The van der Waals surface area contributed by atoms with Crippen molar-refractivity contribution in [2.75, 3.05) is 51.9 Å². The van der Waals surface area contributed by atoms with E-state index in [4.69, 9.17) is 18.9 Å². The minimum atomic E-state index is 0.424. The van der Waals surface area contributed by atoms with Gasteiger partial charge in [0.2, 0.25) is 5.88 Å². The van der Waals surface area contributed by atoms with E-state index in [2.05, 4.69) is 26.3 Å². The predicted octanol–water partition coefficient (Wildman–Crippen LogP) is 5.15. The molecule has 5 rings (SSSR count). The van der Waals surface area contributed by atoms with Crippen LogP contribution < -0.4 is 19.5 Å². The molecule has 4 aromatic rings. The van der Waals surface area contributed by atoms with E-state index in [1.54, 1.807) is 25.6 Å². The molecule has 194 valence electrons. The molecular weight excluding hydrogens is 482 g/mol. The van der Waals surface area contributed by atoms with Gasteiger partial charge < -0.3 is 24.3 Å². The van der Waals surface area contributed by atoms with Gasteiger partial charge in [-0.1, -0.05) is 6.07 Å². The van der Waals surface area contributed by atoms with Crippen LogP contribution in [0.15, 0.2) is 67.0 Å². The zero-order chi connectivity index (χ0) is 26.2. The maximum atomic E-state index is 9.77. The molecule has 0 aliphatic carbocycles. The molecule has 0 atom stereocenters. The monoisotopic (exact) mass is 511 g/mol. The highest BCUT2D eigenvalue weighted by molar-refractivity contribution is 5.97. The van der Waals surface area contributed by atoms with Crippen molar-refractivity contribution < 1.29 is 18.9 Å². The Morgan fingerprint density at radius 1 is 1.05 bits per heavy atom. The summed E-state index contributed by atoms with van der Waals surface area (Å²) < 4.78 is 22.9. The SMILES string of the molecule is COc1cc2c(Nc3ccc(Oc4ccccn4)cc3)c(C#N)cnc2cc1OCCCN1CCOCC1. The highest BCUT2D eigenvalue weighted by atomic mass is 16.5. The smallest absolute Gasteiger partial charge is 0.219 e. The predicted molar refractivity (Wildman–Crippen MR) is 144 cm³/mol. The van der Waals surface area contributed by atoms with Gasteiger partial charge in [-0.15, -0.1) is 0 Å². The second kappa shape index (κ2) is 12.2. The van der Waals surface area contributed by atoms with Crippen LogP contribution in [0.2, 0.25) is 0 Å². The molecule has 1 aliphatic rings. The molecule has 0 bridgehead atoms. The van der Waals surface area contributed by atoms with Gasteiger partial charge in [-0.3, -0.25) is 9.88 Å². The van der Waals surface area contributed by atoms with Crippen LogP contribution in [0, 0.1) is 11.3 Å². The Bertz CT molecular complexity index is 1400. The number of fused-ring (bicyclic) bond motifs is 1. The number of aromatic nitrogens is 2.